The first-order valence-corrected chi connectivity index (χ1v) is 6.52. The molecule has 0 amide bonds. The zero-order chi connectivity index (χ0) is 11.3. The maximum atomic E-state index is 13.8. The standard InChI is InChI=1S/C10H6BrFN2OS/c11-4-6-7(12)8-10(16-6)14-3-1-2-5(14)9(15)13-8/h1-3H,4H2,(H,13,15). The number of rotatable bonds is 1. The highest BCUT2D eigenvalue weighted by Crippen LogP contribution is 2.29. The maximum absolute atomic E-state index is 13.8. The van der Waals surface area contributed by atoms with Gasteiger partial charge in [-0.3, -0.25) is 4.79 Å². The molecule has 0 atom stereocenters. The molecule has 0 aromatic carbocycles. The summed E-state index contributed by atoms with van der Waals surface area (Å²) >= 11 is 4.57. The van der Waals surface area contributed by atoms with Crippen LogP contribution in [0.2, 0.25) is 0 Å². The molecule has 0 bridgehead atoms. The van der Waals surface area contributed by atoms with Crippen molar-refractivity contribution in [2.24, 2.45) is 0 Å². The lowest BCUT2D eigenvalue weighted by Crippen LogP contribution is -2.08. The highest BCUT2D eigenvalue weighted by atomic mass is 79.9. The molecule has 16 heavy (non-hydrogen) atoms. The summed E-state index contributed by atoms with van der Waals surface area (Å²) < 4.78 is 15.6. The maximum Gasteiger partial charge on any atom is 0.272 e. The zero-order valence-electron chi connectivity index (χ0n) is 7.96. The summed E-state index contributed by atoms with van der Waals surface area (Å²) in [7, 11) is 0. The number of halogens is 2. The van der Waals surface area contributed by atoms with Crippen molar-refractivity contribution in [1.82, 2.24) is 9.38 Å². The lowest BCUT2D eigenvalue weighted by molar-refractivity contribution is 0.632. The molecular formula is C10H6BrFN2OS. The number of aromatic amines is 1. The molecule has 0 fully saturated rings. The first kappa shape index (κ1) is 10.0. The van der Waals surface area contributed by atoms with Crippen LogP contribution in [0.5, 0.6) is 0 Å². The Labute approximate surface area is 102 Å². The smallest absolute Gasteiger partial charge is 0.272 e. The molecule has 3 rings (SSSR count). The summed E-state index contributed by atoms with van der Waals surface area (Å²) in [6.45, 7) is 0. The van der Waals surface area contributed by atoms with Crippen LogP contribution in [0, 0.1) is 5.82 Å². The van der Waals surface area contributed by atoms with Crippen LogP contribution in [0.15, 0.2) is 23.1 Å². The molecule has 3 aromatic heterocycles. The minimum atomic E-state index is -0.343. The van der Waals surface area contributed by atoms with Crippen LogP contribution in [0.3, 0.4) is 0 Å². The summed E-state index contributed by atoms with van der Waals surface area (Å²) in [5.41, 5.74) is 0.554. The predicted molar refractivity (Wildman–Crippen MR) is 66.0 cm³/mol. The van der Waals surface area contributed by atoms with Gasteiger partial charge in [0.05, 0.1) is 4.88 Å². The summed E-state index contributed by atoms with van der Waals surface area (Å²) in [5, 5.41) is 0.447. The molecule has 0 radical (unpaired) electrons. The number of hydrogen-bond donors (Lipinski definition) is 1. The normalized spacial score (nSPS) is 11.6. The molecule has 0 aliphatic rings. The van der Waals surface area contributed by atoms with E-state index >= 15 is 0 Å². The van der Waals surface area contributed by atoms with Gasteiger partial charge in [-0.05, 0) is 12.1 Å². The van der Waals surface area contributed by atoms with E-state index in [-0.39, 0.29) is 16.9 Å². The van der Waals surface area contributed by atoms with Crippen molar-refractivity contribution < 1.29 is 4.39 Å². The van der Waals surface area contributed by atoms with Crippen molar-refractivity contribution in [3.05, 3.63) is 39.4 Å². The number of nitrogens with one attached hydrogen (secondary N) is 1. The Balaban J connectivity index is 2.61. The first-order valence-electron chi connectivity index (χ1n) is 4.58. The van der Waals surface area contributed by atoms with E-state index in [1.165, 1.54) is 11.3 Å². The largest absolute Gasteiger partial charge is 0.316 e. The number of fused-ring (bicyclic) bond motifs is 3. The van der Waals surface area contributed by atoms with Gasteiger partial charge in [0.2, 0.25) is 0 Å². The highest BCUT2D eigenvalue weighted by Gasteiger charge is 2.15. The molecule has 0 saturated heterocycles. The number of H-pyrrole nitrogens is 1. The Bertz CT molecular complexity index is 742. The topological polar surface area (TPSA) is 37.3 Å². The number of aromatic nitrogens is 2. The second kappa shape index (κ2) is 3.43. The fourth-order valence-corrected chi connectivity index (χ4v) is 3.30. The third-order valence-corrected chi connectivity index (χ3v) is 4.55. The van der Waals surface area contributed by atoms with Gasteiger partial charge in [0, 0.05) is 11.5 Å². The fourth-order valence-electron chi connectivity index (χ4n) is 1.73. The minimum Gasteiger partial charge on any atom is -0.316 e. The van der Waals surface area contributed by atoms with E-state index in [1.54, 1.807) is 22.7 Å². The van der Waals surface area contributed by atoms with E-state index in [2.05, 4.69) is 20.9 Å². The average molecular weight is 301 g/mol. The van der Waals surface area contributed by atoms with Crippen LogP contribution < -0.4 is 5.56 Å². The summed E-state index contributed by atoms with van der Waals surface area (Å²) in [4.78, 5) is 15.6. The van der Waals surface area contributed by atoms with E-state index in [9.17, 15) is 9.18 Å². The van der Waals surface area contributed by atoms with E-state index in [1.807, 2.05) is 0 Å². The van der Waals surface area contributed by atoms with Crippen LogP contribution in [-0.2, 0) is 5.33 Å². The summed E-state index contributed by atoms with van der Waals surface area (Å²) in [5.74, 6) is -0.343. The van der Waals surface area contributed by atoms with E-state index < -0.39 is 0 Å². The molecule has 6 heteroatoms. The molecular weight excluding hydrogens is 295 g/mol. The summed E-state index contributed by atoms with van der Waals surface area (Å²) in [6, 6.07) is 3.49. The van der Waals surface area contributed by atoms with Crippen molar-refractivity contribution in [3.8, 4) is 0 Å². The monoisotopic (exact) mass is 300 g/mol. The predicted octanol–water partition coefficient (Wildman–Crippen LogP) is 2.88. The molecule has 3 heterocycles. The Hall–Kier alpha value is -1.14. The van der Waals surface area contributed by atoms with Crippen LogP contribution in [0.25, 0.3) is 15.9 Å². The van der Waals surface area contributed by atoms with Gasteiger partial charge in [0.25, 0.3) is 5.56 Å². The minimum absolute atomic E-state index is 0.268. The Morgan fingerprint density at radius 2 is 2.38 bits per heavy atom. The first-order chi connectivity index (χ1) is 7.72. The van der Waals surface area contributed by atoms with Crippen molar-refractivity contribution in [2.45, 2.75) is 5.33 Å². The number of alkyl halides is 1. The van der Waals surface area contributed by atoms with Gasteiger partial charge < -0.3 is 9.38 Å². The van der Waals surface area contributed by atoms with Gasteiger partial charge in [-0.25, -0.2) is 4.39 Å². The number of hydrogen-bond acceptors (Lipinski definition) is 2. The highest BCUT2D eigenvalue weighted by molar-refractivity contribution is 9.08. The molecule has 0 unspecified atom stereocenters. The van der Waals surface area contributed by atoms with Crippen LogP contribution in [0.1, 0.15) is 4.88 Å². The van der Waals surface area contributed by atoms with E-state index in [0.29, 0.717) is 15.7 Å². The van der Waals surface area contributed by atoms with Gasteiger partial charge in [-0.1, -0.05) is 15.9 Å². The SMILES string of the molecule is O=c1[nH]c2c(F)c(CBr)sc2n2cccc12. The van der Waals surface area contributed by atoms with Crippen molar-refractivity contribution in [3.63, 3.8) is 0 Å². The molecule has 0 spiro atoms. The van der Waals surface area contributed by atoms with Crippen molar-refractivity contribution in [1.29, 1.82) is 0 Å². The second-order valence-electron chi connectivity index (χ2n) is 3.37. The van der Waals surface area contributed by atoms with Crippen LogP contribution >= 0.6 is 27.3 Å². The lowest BCUT2D eigenvalue weighted by Gasteiger charge is -1.95. The number of nitrogens with zero attached hydrogens (tertiary/aromatic N) is 1. The van der Waals surface area contributed by atoms with Crippen molar-refractivity contribution in [2.75, 3.05) is 0 Å². The van der Waals surface area contributed by atoms with Crippen LogP contribution in [-0.4, -0.2) is 9.38 Å². The molecule has 82 valence electrons. The lowest BCUT2D eigenvalue weighted by atomic mass is 10.4. The number of thiophene rings is 1. The molecule has 3 nitrogen and oxygen atoms in total. The van der Waals surface area contributed by atoms with Crippen molar-refractivity contribution >= 4 is 43.1 Å². The fraction of sp³-hybridized carbons (Fsp3) is 0.100. The van der Waals surface area contributed by atoms with E-state index in [0.717, 1.165) is 4.83 Å². The summed E-state index contributed by atoms with van der Waals surface area (Å²) in [6.07, 6.45) is 1.76. The van der Waals surface area contributed by atoms with Gasteiger partial charge in [-0.2, -0.15) is 0 Å². The zero-order valence-corrected chi connectivity index (χ0v) is 10.4. The Kier molecular flexibility index (Phi) is 2.15. The Morgan fingerprint density at radius 3 is 3.12 bits per heavy atom. The molecule has 0 saturated carbocycles. The molecule has 0 aliphatic carbocycles. The average Bonchev–Trinajstić information content (AvgIpc) is 2.85. The van der Waals surface area contributed by atoms with Gasteiger partial charge in [0.1, 0.15) is 15.9 Å². The molecule has 3 aromatic rings. The Morgan fingerprint density at radius 1 is 1.56 bits per heavy atom. The second-order valence-corrected chi connectivity index (χ2v) is 5.01. The molecule has 0 aliphatic heterocycles. The van der Waals surface area contributed by atoms with Gasteiger partial charge in [0.15, 0.2) is 5.82 Å². The quantitative estimate of drug-likeness (QED) is 0.690. The third kappa shape index (κ3) is 1.20. The third-order valence-electron chi connectivity index (χ3n) is 2.46. The molecule has 1 N–H and O–H groups in total. The van der Waals surface area contributed by atoms with Crippen LogP contribution in [0.4, 0.5) is 4.39 Å². The van der Waals surface area contributed by atoms with Gasteiger partial charge in [-0.15, -0.1) is 11.3 Å². The van der Waals surface area contributed by atoms with Gasteiger partial charge >= 0.3 is 0 Å². The van der Waals surface area contributed by atoms with E-state index in [4.69, 9.17) is 0 Å².